The molecule has 19 heavy (non-hydrogen) atoms. The largest absolute Gasteiger partial charge is 0.481 e. The molecule has 0 bridgehead atoms. The minimum atomic E-state index is -0.793. The van der Waals surface area contributed by atoms with E-state index in [9.17, 15) is 4.79 Å². The molecule has 4 heteroatoms. The van der Waals surface area contributed by atoms with Gasteiger partial charge in [-0.25, -0.2) is 0 Å². The monoisotopic (exact) mass is 275 g/mol. The average Bonchev–Trinajstić information content (AvgIpc) is 2.77. The van der Waals surface area contributed by atoms with Crippen molar-refractivity contribution >= 4 is 17.3 Å². The Kier molecular flexibility index (Phi) is 4.71. The molecule has 0 fully saturated rings. The standard InChI is InChI=1S/C15H17NO2S/c1-11-2-7-14(19-11)10-16-9-13-5-3-12(4-6-13)8-15(17)18/h2-7,16H,8-10H2,1H3,(H,17,18). The number of hydrogen-bond donors (Lipinski definition) is 2. The van der Waals surface area contributed by atoms with Crippen molar-refractivity contribution in [1.29, 1.82) is 0 Å². The van der Waals surface area contributed by atoms with Crippen molar-refractivity contribution in [2.75, 3.05) is 0 Å². The van der Waals surface area contributed by atoms with Gasteiger partial charge in [-0.2, -0.15) is 0 Å². The molecule has 0 spiro atoms. The lowest BCUT2D eigenvalue weighted by Crippen LogP contribution is -2.11. The zero-order valence-corrected chi connectivity index (χ0v) is 11.7. The molecular weight excluding hydrogens is 258 g/mol. The molecular formula is C15H17NO2S. The van der Waals surface area contributed by atoms with Crippen LogP contribution in [-0.2, 0) is 24.3 Å². The smallest absolute Gasteiger partial charge is 0.307 e. The van der Waals surface area contributed by atoms with Crippen LogP contribution in [0.3, 0.4) is 0 Å². The summed E-state index contributed by atoms with van der Waals surface area (Å²) in [6.07, 6.45) is 0.0855. The van der Waals surface area contributed by atoms with Crippen molar-refractivity contribution in [2.24, 2.45) is 0 Å². The van der Waals surface area contributed by atoms with Crippen molar-refractivity contribution in [3.05, 3.63) is 57.3 Å². The third-order valence-electron chi connectivity index (χ3n) is 2.80. The van der Waals surface area contributed by atoms with Crippen LogP contribution >= 0.6 is 11.3 Å². The number of aryl methyl sites for hydroxylation is 1. The molecule has 2 N–H and O–H groups in total. The Hall–Kier alpha value is -1.65. The molecule has 2 rings (SSSR count). The maximum Gasteiger partial charge on any atom is 0.307 e. The van der Waals surface area contributed by atoms with E-state index in [-0.39, 0.29) is 6.42 Å². The molecule has 1 heterocycles. The number of benzene rings is 1. The fourth-order valence-corrected chi connectivity index (χ4v) is 2.72. The first kappa shape index (κ1) is 13.8. The molecule has 100 valence electrons. The van der Waals surface area contributed by atoms with Crippen LogP contribution in [0.4, 0.5) is 0 Å². The molecule has 0 unspecified atom stereocenters. The SMILES string of the molecule is Cc1ccc(CNCc2ccc(CC(=O)O)cc2)s1. The third kappa shape index (κ3) is 4.50. The van der Waals surface area contributed by atoms with E-state index in [1.165, 1.54) is 15.3 Å². The molecule has 0 aliphatic rings. The maximum atomic E-state index is 10.6. The molecule has 0 saturated carbocycles. The molecule has 0 aliphatic carbocycles. The molecule has 0 amide bonds. The molecule has 2 aromatic rings. The molecule has 0 atom stereocenters. The van der Waals surface area contributed by atoms with Gasteiger partial charge in [0, 0.05) is 22.8 Å². The highest BCUT2D eigenvalue weighted by Crippen LogP contribution is 2.14. The van der Waals surface area contributed by atoms with Gasteiger partial charge in [0.1, 0.15) is 0 Å². The van der Waals surface area contributed by atoms with Crippen molar-refractivity contribution in [3.8, 4) is 0 Å². The van der Waals surface area contributed by atoms with E-state index >= 15 is 0 Å². The van der Waals surface area contributed by atoms with Crippen LogP contribution in [0, 0.1) is 6.92 Å². The highest BCUT2D eigenvalue weighted by atomic mass is 32.1. The number of thiophene rings is 1. The second kappa shape index (κ2) is 6.50. The van der Waals surface area contributed by atoms with Gasteiger partial charge in [0.15, 0.2) is 0 Å². The predicted molar refractivity (Wildman–Crippen MR) is 77.4 cm³/mol. The Morgan fingerprint density at radius 3 is 2.37 bits per heavy atom. The van der Waals surface area contributed by atoms with Crippen molar-refractivity contribution in [1.82, 2.24) is 5.32 Å². The summed E-state index contributed by atoms with van der Waals surface area (Å²) in [4.78, 5) is 13.2. The van der Waals surface area contributed by atoms with Crippen LogP contribution in [0.1, 0.15) is 20.9 Å². The molecule has 0 saturated heterocycles. The summed E-state index contributed by atoms with van der Waals surface area (Å²) in [7, 11) is 0. The van der Waals surface area contributed by atoms with Crippen LogP contribution < -0.4 is 5.32 Å². The number of carboxylic acid groups (broad SMARTS) is 1. The first-order valence-electron chi connectivity index (χ1n) is 6.19. The molecule has 3 nitrogen and oxygen atoms in total. The van der Waals surface area contributed by atoms with Crippen LogP contribution in [0.2, 0.25) is 0 Å². The van der Waals surface area contributed by atoms with Gasteiger partial charge in [0.25, 0.3) is 0 Å². The van der Waals surface area contributed by atoms with Gasteiger partial charge in [0.05, 0.1) is 6.42 Å². The molecule has 0 aliphatic heterocycles. The van der Waals surface area contributed by atoms with E-state index in [4.69, 9.17) is 5.11 Å². The lowest BCUT2D eigenvalue weighted by atomic mass is 10.1. The zero-order valence-electron chi connectivity index (χ0n) is 10.8. The summed E-state index contributed by atoms with van der Waals surface area (Å²) < 4.78 is 0. The second-order valence-electron chi connectivity index (χ2n) is 4.50. The lowest BCUT2D eigenvalue weighted by molar-refractivity contribution is -0.136. The topological polar surface area (TPSA) is 49.3 Å². The van der Waals surface area contributed by atoms with E-state index in [2.05, 4.69) is 24.4 Å². The highest BCUT2D eigenvalue weighted by molar-refractivity contribution is 7.11. The number of rotatable bonds is 6. The minimum absolute atomic E-state index is 0.0855. The Morgan fingerprint density at radius 2 is 1.79 bits per heavy atom. The fraction of sp³-hybridized carbons (Fsp3) is 0.267. The van der Waals surface area contributed by atoms with Crippen molar-refractivity contribution in [2.45, 2.75) is 26.4 Å². The maximum absolute atomic E-state index is 10.6. The summed E-state index contributed by atoms with van der Waals surface area (Å²) >= 11 is 1.80. The van der Waals surface area contributed by atoms with Gasteiger partial charge in [0.2, 0.25) is 0 Å². The van der Waals surface area contributed by atoms with Crippen LogP contribution in [0.15, 0.2) is 36.4 Å². The van der Waals surface area contributed by atoms with Crippen LogP contribution in [0.5, 0.6) is 0 Å². The van der Waals surface area contributed by atoms with E-state index in [1.54, 1.807) is 11.3 Å². The van der Waals surface area contributed by atoms with E-state index in [0.717, 1.165) is 18.7 Å². The number of carbonyl (C=O) groups is 1. The van der Waals surface area contributed by atoms with Crippen LogP contribution in [-0.4, -0.2) is 11.1 Å². The molecule has 1 aromatic carbocycles. The number of hydrogen-bond acceptors (Lipinski definition) is 3. The van der Waals surface area contributed by atoms with Crippen LogP contribution in [0.25, 0.3) is 0 Å². The Morgan fingerprint density at radius 1 is 1.11 bits per heavy atom. The van der Waals surface area contributed by atoms with Gasteiger partial charge in [-0.3, -0.25) is 4.79 Å². The minimum Gasteiger partial charge on any atom is -0.481 e. The highest BCUT2D eigenvalue weighted by Gasteiger charge is 2.01. The summed E-state index contributed by atoms with van der Waals surface area (Å²) in [5.74, 6) is -0.793. The average molecular weight is 275 g/mol. The van der Waals surface area contributed by atoms with Gasteiger partial charge in [-0.1, -0.05) is 24.3 Å². The summed E-state index contributed by atoms with van der Waals surface area (Å²) in [6, 6.07) is 12.0. The Balaban J connectivity index is 1.81. The van der Waals surface area contributed by atoms with Crippen molar-refractivity contribution in [3.63, 3.8) is 0 Å². The Labute approximate surface area is 116 Å². The van der Waals surface area contributed by atoms with E-state index < -0.39 is 5.97 Å². The number of aliphatic carboxylic acids is 1. The summed E-state index contributed by atoms with van der Waals surface area (Å²) in [5, 5.41) is 12.1. The zero-order chi connectivity index (χ0) is 13.7. The van der Waals surface area contributed by atoms with E-state index in [0.29, 0.717) is 0 Å². The van der Waals surface area contributed by atoms with Gasteiger partial charge < -0.3 is 10.4 Å². The normalized spacial score (nSPS) is 10.6. The van der Waals surface area contributed by atoms with Gasteiger partial charge in [-0.15, -0.1) is 11.3 Å². The van der Waals surface area contributed by atoms with Gasteiger partial charge >= 0.3 is 5.97 Å². The number of carboxylic acids is 1. The first-order chi connectivity index (χ1) is 9.13. The molecule has 0 radical (unpaired) electrons. The van der Waals surface area contributed by atoms with Crippen molar-refractivity contribution < 1.29 is 9.90 Å². The number of nitrogens with one attached hydrogen (secondary N) is 1. The second-order valence-corrected chi connectivity index (χ2v) is 5.88. The predicted octanol–water partition coefficient (Wildman–Crippen LogP) is 2.97. The fourth-order valence-electron chi connectivity index (χ4n) is 1.86. The molecule has 1 aromatic heterocycles. The lowest BCUT2D eigenvalue weighted by Gasteiger charge is -2.04. The Bertz CT molecular complexity index is 546. The summed E-state index contributed by atoms with van der Waals surface area (Å²) in [6.45, 7) is 3.77. The quantitative estimate of drug-likeness (QED) is 0.852. The third-order valence-corrected chi connectivity index (χ3v) is 3.80. The summed E-state index contributed by atoms with van der Waals surface area (Å²) in [5.41, 5.74) is 2.01. The first-order valence-corrected chi connectivity index (χ1v) is 7.01. The van der Waals surface area contributed by atoms with E-state index in [1.807, 2.05) is 24.3 Å². The van der Waals surface area contributed by atoms with Gasteiger partial charge in [-0.05, 0) is 30.2 Å².